The van der Waals surface area contributed by atoms with Crippen LogP contribution in [0.3, 0.4) is 0 Å². The summed E-state index contributed by atoms with van der Waals surface area (Å²) >= 11 is 0. The maximum absolute atomic E-state index is 13.3. The number of rotatable bonds is 4. The van der Waals surface area contributed by atoms with Crippen molar-refractivity contribution in [1.82, 2.24) is 24.3 Å². The predicted molar refractivity (Wildman–Crippen MR) is 132 cm³/mol. The summed E-state index contributed by atoms with van der Waals surface area (Å²) in [6.07, 6.45) is 3.26. The Hall–Kier alpha value is -4.33. The van der Waals surface area contributed by atoms with E-state index in [2.05, 4.69) is 41.2 Å². The second-order valence-corrected chi connectivity index (χ2v) is 9.12. The van der Waals surface area contributed by atoms with E-state index < -0.39 is 0 Å². The molecule has 8 heteroatoms. The van der Waals surface area contributed by atoms with Crippen LogP contribution in [-0.2, 0) is 16.8 Å². The van der Waals surface area contributed by atoms with E-state index >= 15 is 0 Å². The molecule has 0 fully saturated rings. The van der Waals surface area contributed by atoms with E-state index in [9.17, 15) is 9.59 Å². The van der Waals surface area contributed by atoms with E-state index in [1.807, 2.05) is 47.0 Å². The molecule has 5 aromatic rings. The lowest BCUT2D eigenvalue weighted by Gasteiger charge is -2.15. The highest BCUT2D eigenvalue weighted by molar-refractivity contribution is 5.97. The lowest BCUT2D eigenvalue weighted by Crippen LogP contribution is -2.23. The van der Waals surface area contributed by atoms with Crippen LogP contribution in [0.5, 0.6) is 0 Å². The van der Waals surface area contributed by atoms with Gasteiger partial charge in [-0.3, -0.25) is 9.59 Å². The van der Waals surface area contributed by atoms with Gasteiger partial charge in [0.05, 0.1) is 16.7 Å². The van der Waals surface area contributed by atoms with Gasteiger partial charge in [-0.05, 0) is 30.3 Å². The van der Waals surface area contributed by atoms with Gasteiger partial charge in [-0.1, -0.05) is 45.0 Å². The van der Waals surface area contributed by atoms with Crippen molar-refractivity contribution in [3.8, 4) is 5.95 Å². The summed E-state index contributed by atoms with van der Waals surface area (Å²) in [6.45, 7) is 6.17. The number of carbonyl (C=O) groups excluding carboxylic acids is 1. The molecule has 0 spiro atoms. The average molecular weight is 453 g/mol. The highest BCUT2D eigenvalue weighted by Gasteiger charge is 2.23. The number of hydrogen-bond acceptors (Lipinski definition) is 5. The molecule has 2 aromatic carbocycles. The Morgan fingerprint density at radius 2 is 1.50 bits per heavy atom. The topological polar surface area (TPSA) is 94.7 Å². The Kier molecular flexibility index (Phi) is 5.20. The van der Waals surface area contributed by atoms with Gasteiger partial charge in [-0.2, -0.15) is 9.78 Å². The Bertz CT molecular complexity index is 1520. The lowest BCUT2D eigenvalue weighted by molar-refractivity contribution is -0.116. The Morgan fingerprint density at radius 1 is 0.912 bits per heavy atom. The van der Waals surface area contributed by atoms with Gasteiger partial charge in [0, 0.05) is 34.6 Å². The first-order chi connectivity index (χ1) is 16.3. The number of aromatic nitrogens is 5. The predicted octanol–water partition coefficient (Wildman–Crippen LogP) is 4.07. The zero-order valence-corrected chi connectivity index (χ0v) is 19.2. The van der Waals surface area contributed by atoms with Crippen LogP contribution in [0.4, 0.5) is 5.82 Å². The molecule has 0 radical (unpaired) electrons. The number of amides is 1. The third-order valence-corrected chi connectivity index (χ3v) is 5.67. The average Bonchev–Trinajstić information content (AvgIpc) is 3.26. The zero-order valence-electron chi connectivity index (χ0n) is 19.2. The van der Waals surface area contributed by atoms with Crippen molar-refractivity contribution in [2.45, 2.75) is 32.7 Å². The summed E-state index contributed by atoms with van der Waals surface area (Å²) < 4.78 is 3.41. The molecular weight excluding hydrogens is 428 g/mol. The van der Waals surface area contributed by atoms with Crippen molar-refractivity contribution in [1.29, 1.82) is 0 Å². The van der Waals surface area contributed by atoms with Gasteiger partial charge in [-0.15, -0.1) is 0 Å². The van der Waals surface area contributed by atoms with E-state index in [1.54, 1.807) is 35.3 Å². The standard InChI is InChI=1S/C26H24N6O2/c1-26(2,3)21-15-22(32(30-21)25-27-13-8-14-28-25)29-23(33)16-31-19-11-6-4-9-17(19)24(34)18-10-5-7-12-20(18)31/h4-15H,16H2,1-3H3,(H,29,33). The van der Waals surface area contributed by atoms with Crippen molar-refractivity contribution < 1.29 is 4.79 Å². The summed E-state index contributed by atoms with van der Waals surface area (Å²) in [5, 5.41) is 8.78. The van der Waals surface area contributed by atoms with Crippen LogP contribution in [-0.4, -0.2) is 30.2 Å². The van der Waals surface area contributed by atoms with Crippen LogP contribution in [0.2, 0.25) is 0 Å². The minimum Gasteiger partial charge on any atom is -0.331 e. The van der Waals surface area contributed by atoms with Gasteiger partial charge >= 0.3 is 0 Å². The molecular formula is C26H24N6O2. The Labute approximate surface area is 195 Å². The molecule has 0 unspecified atom stereocenters. The molecule has 170 valence electrons. The second-order valence-electron chi connectivity index (χ2n) is 9.12. The first-order valence-electron chi connectivity index (χ1n) is 11.0. The number of benzene rings is 2. The summed E-state index contributed by atoms with van der Waals surface area (Å²) in [5.74, 6) is 0.597. The molecule has 34 heavy (non-hydrogen) atoms. The Balaban J connectivity index is 1.57. The fourth-order valence-corrected chi connectivity index (χ4v) is 3.96. The fraction of sp³-hybridized carbons (Fsp3) is 0.192. The normalized spacial score (nSPS) is 11.7. The summed E-state index contributed by atoms with van der Waals surface area (Å²) in [6, 6.07) is 18.2. The molecule has 8 nitrogen and oxygen atoms in total. The van der Waals surface area contributed by atoms with E-state index in [0.717, 1.165) is 5.69 Å². The highest BCUT2D eigenvalue weighted by atomic mass is 16.2. The molecule has 1 N–H and O–H groups in total. The van der Waals surface area contributed by atoms with Crippen LogP contribution in [0.25, 0.3) is 27.8 Å². The Morgan fingerprint density at radius 3 is 2.09 bits per heavy atom. The first-order valence-corrected chi connectivity index (χ1v) is 11.0. The number of pyridine rings is 1. The third kappa shape index (κ3) is 3.83. The van der Waals surface area contributed by atoms with E-state index in [4.69, 9.17) is 0 Å². The van der Waals surface area contributed by atoms with Gasteiger partial charge in [0.15, 0.2) is 5.43 Å². The molecule has 0 aliphatic heterocycles. The second kappa shape index (κ2) is 8.22. The quantitative estimate of drug-likeness (QED) is 0.415. The van der Waals surface area contributed by atoms with Crippen molar-refractivity contribution in [3.63, 3.8) is 0 Å². The van der Waals surface area contributed by atoms with E-state index in [-0.39, 0.29) is 23.3 Å². The monoisotopic (exact) mass is 452 g/mol. The summed E-state index contributed by atoms with van der Waals surface area (Å²) in [5.41, 5.74) is 1.93. The van der Waals surface area contributed by atoms with Gasteiger partial charge in [0.2, 0.25) is 5.91 Å². The number of hydrogen-bond donors (Lipinski definition) is 1. The molecule has 0 bridgehead atoms. The van der Waals surface area contributed by atoms with Crippen molar-refractivity contribution in [2.24, 2.45) is 0 Å². The van der Waals surface area contributed by atoms with Crippen LogP contribution >= 0.6 is 0 Å². The molecule has 3 heterocycles. The third-order valence-electron chi connectivity index (χ3n) is 5.67. The van der Waals surface area contributed by atoms with Crippen LogP contribution in [0.15, 0.2) is 77.9 Å². The molecule has 3 aromatic heterocycles. The minimum atomic E-state index is -0.253. The van der Waals surface area contributed by atoms with Crippen LogP contribution < -0.4 is 10.7 Å². The largest absolute Gasteiger partial charge is 0.331 e. The lowest BCUT2D eigenvalue weighted by atomic mass is 9.92. The minimum absolute atomic E-state index is 0.0208. The molecule has 0 saturated heterocycles. The fourth-order valence-electron chi connectivity index (χ4n) is 3.96. The number of nitrogens with one attached hydrogen (secondary N) is 1. The number of para-hydroxylation sites is 2. The smallest absolute Gasteiger partial charge is 0.252 e. The molecule has 0 aliphatic rings. The summed E-state index contributed by atoms with van der Waals surface area (Å²) in [7, 11) is 0. The van der Waals surface area contributed by atoms with Gasteiger partial charge in [0.25, 0.3) is 5.95 Å². The maximum Gasteiger partial charge on any atom is 0.252 e. The van der Waals surface area contributed by atoms with Crippen molar-refractivity contribution in [3.05, 3.63) is 89.0 Å². The first kappa shape index (κ1) is 21.5. The van der Waals surface area contributed by atoms with Gasteiger partial charge in [-0.25, -0.2) is 9.97 Å². The zero-order chi connectivity index (χ0) is 23.9. The number of carbonyl (C=O) groups is 1. The van der Waals surface area contributed by atoms with Gasteiger partial charge in [0.1, 0.15) is 12.4 Å². The number of nitrogens with zero attached hydrogens (tertiary/aromatic N) is 5. The number of anilines is 1. The SMILES string of the molecule is CC(C)(C)c1cc(NC(=O)Cn2c3ccccc3c(=O)c3ccccc32)n(-c2ncccn2)n1. The molecule has 0 aliphatic carbocycles. The van der Waals surface area contributed by atoms with E-state index in [0.29, 0.717) is 33.6 Å². The van der Waals surface area contributed by atoms with Gasteiger partial charge < -0.3 is 9.88 Å². The highest BCUT2D eigenvalue weighted by Crippen LogP contribution is 2.26. The molecule has 1 amide bonds. The maximum atomic E-state index is 13.3. The van der Waals surface area contributed by atoms with Crippen LogP contribution in [0, 0.1) is 0 Å². The molecule has 5 rings (SSSR count). The molecule has 0 atom stereocenters. The summed E-state index contributed by atoms with van der Waals surface area (Å²) in [4.78, 5) is 34.9. The van der Waals surface area contributed by atoms with Crippen LogP contribution in [0.1, 0.15) is 26.5 Å². The van der Waals surface area contributed by atoms with E-state index in [1.165, 1.54) is 0 Å². The molecule has 0 saturated carbocycles. The van der Waals surface area contributed by atoms with Crippen molar-refractivity contribution >= 4 is 33.5 Å². The van der Waals surface area contributed by atoms with Crippen molar-refractivity contribution in [2.75, 3.05) is 5.32 Å². The number of fused-ring (bicyclic) bond motifs is 2.